The maximum atomic E-state index is 11.0. The predicted molar refractivity (Wildman–Crippen MR) is 64.6 cm³/mol. The summed E-state index contributed by atoms with van der Waals surface area (Å²) in [6.07, 6.45) is -0.973. The van der Waals surface area contributed by atoms with Crippen LogP contribution in [0.15, 0.2) is 24.3 Å². The molecule has 1 aromatic carbocycles. The maximum Gasteiger partial charge on any atom is 0.416 e. The lowest BCUT2D eigenvalue weighted by atomic mass is 10.2. The van der Waals surface area contributed by atoms with Gasteiger partial charge in [-0.25, -0.2) is 9.36 Å². The van der Waals surface area contributed by atoms with Crippen molar-refractivity contribution in [3.8, 4) is 5.75 Å². The van der Waals surface area contributed by atoms with Gasteiger partial charge in [0.25, 0.3) is 0 Å². The number of ether oxygens (including phenoxy) is 1. The molecule has 0 fully saturated rings. The molecule has 5 heteroatoms. The van der Waals surface area contributed by atoms with Gasteiger partial charge in [0.05, 0.1) is 16.3 Å². The molecule has 0 aliphatic heterocycles. The molecule has 0 unspecified atom stereocenters. The fourth-order valence-electron chi connectivity index (χ4n) is 1.48. The lowest BCUT2D eigenvalue weighted by molar-refractivity contribution is 0.197. The zero-order valence-electron chi connectivity index (χ0n) is 7.90. The molecule has 1 aromatic heterocycles. The van der Waals surface area contributed by atoms with Gasteiger partial charge >= 0.3 is 6.09 Å². The van der Waals surface area contributed by atoms with E-state index in [1.54, 1.807) is 19.2 Å². The number of rotatable bonds is 1. The molecular formula is C10H8INO3. The van der Waals surface area contributed by atoms with Gasteiger partial charge in [-0.15, -0.1) is 0 Å². The number of halogens is 1. The molecule has 0 spiro atoms. The van der Waals surface area contributed by atoms with Crippen LogP contribution in [0.25, 0.3) is 10.9 Å². The van der Waals surface area contributed by atoms with Crippen LogP contribution < -0.4 is 4.74 Å². The van der Waals surface area contributed by atoms with Gasteiger partial charge in [0.1, 0.15) is 5.75 Å². The van der Waals surface area contributed by atoms with Crippen molar-refractivity contribution in [3.05, 3.63) is 28.0 Å². The van der Waals surface area contributed by atoms with Crippen molar-refractivity contribution in [3.63, 3.8) is 0 Å². The lowest BCUT2D eigenvalue weighted by Gasteiger charge is -2.01. The first-order valence-electron chi connectivity index (χ1n) is 4.22. The van der Waals surface area contributed by atoms with Gasteiger partial charge in [0, 0.05) is 5.39 Å². The van der Waals surface area contributed by atoms with E-state index in [1.165, 1.54) is 4.57 Å². The van der Waals surface area contributed by atoms with Gasteiger partial charge in [-0.2, -0.15) is 0 Å². The first-order chi connectivity index (χ1) is 7.13. The van der Waals surface area contributed by atoms with E-state index >= 15 is 0 Å². The maximum absolute atomic E-state index is 11.0. The quantitative estimate of drug-likeness (QED) is 0.823. The van der Waals surface area contributed by atoms with Gasteiger partial charge in [-0.05, 0) is 46.9 Å². The summed E-state index contributed by atoms with van der Waals surface area (Å²) < 4.78 is 6.99. The summed E-state index contributed by atoms with van der Waals surface area (Å²) in [7, 11) is 1.58. The molecule has 1 N–H and O–H groups in total. The Labute approximate surface area is 99.6 Å². The lowest BCUT2D eigenvalue weighted by Crippen LogP contribution is -2.08. The number of carbonyl (C=O) groups is 1. The summed E-state index contributed by atoms with van der Waals surface area (Å²) in [5.41, 5.74) is 0.674. The third-order valence-electron chi connectivity index (χ3n) is 2.16. The SMILES string of the molecule is COc1ccc2c(c1)cc(I)n2C(=O)O. The Morgan fingerprint density at radius 1 is 1.47 bits per heavy atom. The monoisotopic (exact) mass is 317 g/mol. The second kappa shape index (κ2) is 3.73. The highest BCUT2D eigenvalue weighted by Crippen LogP contribution is 2.25. The average molecular weight is 317 g/mol. The number of hydrogen-bond donors (Lipinski definition) is 1. The standard InChI is InChI=1S/C10H8INO3/c1-15-7-2-3-8-6(4-7)5-9(11)12(8)10(13)14/h2-5H,1H3,(H,13,14). The molecule has 1 heterocycles. The Morgan fingerprint density at radius 2 is 2.20 bits per heavy atom. The molecule has 15 heavy (non-hydrogen) atoms. The molecule has 0 saturated heterocycles. The predicted octanol–water partition coefficient (Wildman–Crippen LogP) is 2.78. The number of carboxylic acid groups (broad SMARTS) is 1. The number of aromatic nitrogens is 1. The number of fused-ring (bicyclic) bond motifs is 1. The minimum Gasteiger partial charge on any atom is -0.497 e. The first kappa shape index (κ1) is 10.3. The third-order valence-corrected chi connectivity index (χ3v) is 2.95. The Balaban J connectivity index is 2.74. The van der Waals surface area contributed by atoms with Gasteiger partial charge in [-0.3, -0.25) is 0 Å². The van der Waals surface area contributed by atoms with Crippen LogP contribution in [0.1, 0.15) is 0 Å². The van der Waals surface area contributed by atoms with Crippen LogP contribution in [0.4, 0.5) is 4.79 Å². The van der Waals surface area contributed by atoms with Crippen LogP contribution in [0.5, 0.6) is 5.75 Å². The van der Waals surface area contributed by atoms with E-state index in [0.29, 0.717) is 9.22 Å². The Morgan fingerprint density at radius 3 is 2.80 bits per heavy atom. The minimum absolute atomic E-state index is 0.670. The molecule has 2 rings (SSSR count). The van der Waals surface area contributed by atoms with Crippen molar-refractivity contribution in [2.45, 2.75) is 0 Å². The van der Waals surface area contributed by atoms with Gasteiger partial charge in [0.15, 0.2) is 0 Å². The highest BCUT2D eigenvalue weighted by Gasteiger charge is 2.12. The van der Waals surface area contributed by atoms with Crippen molar-refractivity contribution in [1.82, 2.24) is 4.57 Å². The molecule has 78 valence electrons. The van der Waals surface area contributed by atoms with E-state index in [2.05, 4.69) is 0 Å². The molecule has 0 aliphatic carbocycles. The van der Waals surface area contributed by atoms with Gasteiger partial charge < -0.3 is 9.84 Å². The zero-order valence-corrected chi connectivity index (χ0v) is 10.1. The number of hydrogen-bond acceptors (Lipinski definition) is 2. The highest BCUT2D eigenvalue weighted by molar-refractivity contribution is 14.1. The van der Waals surface area contributed by atoms with Crippen LogP contribution in [0, 0.1) is 3.70 Å². The highest BCUT2D eigenvalue weighted by atomic mass is 127. The van der Waals surface area contributed by atoms with Crippen molar-refractivity contribution < 1.29 is 14.6 Å². The normalized spacial score (nSPS) is 10.5. The summed E-state index contributed by atoms with van der Waals surface area (Å²) in [6.45, 7) is 0. The molecule has 4 nitrogen and oxygen atoms in total. The summed E-state index contributed by atoms with van der Waals surface area (Å²) in [5, 5.41) is 9.87. The van der Waals surface area contributed by atoms with Crippen molar-refractivity contribution in [2.24, 2.45) is 0 Å². The van der Waals surface area contributed by atoms with Crippen LogP contribution in [-0.4, -0.2) is 22.9 Å². The van der Waals surface area contributed by atoms with Gasteiger partial charge in [-0.1, -0.05) is 0 Å². The van der Waals surface area contributed by atoms with Crippen molar-refractivity contribution in [2.75, 3.05) is 7.11 Å². The van der Waals surface area contributed by atoms with Crippen LogP contribution in [0.2, 0.25) is 0 Å². The van der Waals surface area contributed by atoms with Gasteiger partial charge in [0.2, 0.25) is 0 Å². The minimum atomic E-state index is -0.973. The van der Waals surface area contributed by atoms with E-state index in [4.69, 9.17) is 9.84 Å². The van der Waals surface area contributed by atoms with Crippen LogP contribution >= 0.6 is 22.6 Å². The summed E-state index contributed by atoms with van der Waals surface area (Å²) in [6, 6.07) is 7.12. The number of benzene rings is 1. The fourth-order valence-corrected chi connectivity index (χ4v) is 2.28. The molecule has 0 atom stereocenters. The Hall–Kier alpha value is -1.24. The molecular weight excluding hydrogens is 309 g/mol. The third kappa shape index (κ3) is 1.67. The average Bonchev–Trinajstić information content (AvgIpc) is 2.52. The fraction of sp³-hybridized carbons (Fsp3) is 0.100. The molecule has 2 aromatic rings. The number of nitrogens with zero attached hydrogens (tertiary/aromatic N) is 1. The van der Waals surface area contributed by atoms with Crippen molar-refractivity contribution in [1.29, 1.82) is 0 Å². The molecule has 0 aliphatic rings. The van der Waals surface area contributed by atoms with Crippen LogP contribution in [-0.2, 0) is 0 Å². The van der Waals surface area contributed by atoms with E-state index < -0.39 is 6.09 Å². The molecule has 0 bridgehead atoms. The van der Waals surface area contributed by atoms with E-state index in [-0.39, 0.29) is 0 Å². The summed E-state index contributed by atoms with van der Waals surface area (Å²) >= 11 is 1.99. The second-order valence-electron chi connectivity index (χ2n) is 3.01. The Bertz CT molecular complexity index is 533. The topological polar surface area (TPSA) is 51.5 Å². The Kier molecular flexibility index (Phi) is 2.56. The van der Waals surface area contributed by atoms with Crippen LogP contribution in [0.3, 0.4) is 0 Å². The smallest absolute Gasteiger partial charge is 0.416 e. The van der Waals surface area contributed by atoms with E-state index in [0.717, 1.165) is 11.1 Å². The first-order valence-corrected chi connectivity index (χ1v) is 5.29. The summed E-state index contributed by atoms with van der Waals surface area (Å²) in [5.74, 6) is 0.724. The summed E-state index contributed by atoms with van der Waals surface area (Å²) in [4.78, 5) is 11.0. The van der Waals surface area contributed by atoms with E-state index in [1.807, 2.05) is 34.7 Å². The van der Waals surface area contributed by atoms with E-state index in [9.17, 15) is 4.79 Å². The molecule has 0 saturated carbocycles. The molecule has 0 amide bonds. The zero-order chi connectivity index (χ0) is 11.0. The number of methoxy groups -OCH3 is 1. The largest absolute Gasteiger partial charge is 0.497 e. The van der Waals surface area contributed by atoms with Crippen molar-refractivity contribution >= 4 is 39.6 Å². The second-order valence-corrected chi connectivity index (χ2v) is 4.12. The molecule has 0 radical (unpaired) electrons.